The maximum atomic E-state index is 12.8. The first-order chi connectivity index (χ1) is 16.0. The third-order valence-electron chi connectivity index (χ3n) is 7.67. The summed E-state index contributed by atoms with van der Waals surface area (Å²) in [6.45, 7) is 16.0. The molecule has 1 aromatic rings. The average molecular weight is 528 g/mol. The number of hydrogen-bond acceptors (Lipinski definition) is 8. The largest absolute Gasteiger partial charge is 0.349 e. The van der Waals surface area contributed by atoms with Crippen LogP contribution in [0, 0.1) is 6.92 Å². The molecule has 0 radical (unpaired) electrons. The standard InChI is InChI=1S/C24H37NO8SSi/c1-14-9-11-15(12-10-14)34(27,28)29-13-16-17(18-22(30-16)33-24(5,6)32-18)31-21-19(20(26)25-21)35(7,8)23(2,3)4/h9-12,16-19,21-22H,13H2,1-8H3,(H,25,26)/t16-,17+,18-,19+,21-,22-/m1/s1. The minimum Gasteiger partial charge on any atom is -0.349 e. The second-order valence-electron chi connectivity index (χ2n) is 11.7. The quantitative estimate of drug-likeness (QED) is 0.327. The molecule has 0 unspecified atom stereocenters. The first-order valence-electron chi connectivity index (χ1n) is 11.9. The molecular weight excluding hydrogens is 490 g/mol. The van der Waals surface area contributed by atoms with E-state index in [0.29, 0.717) is 0 Å². The Labute approximate surface area is 208 Å². The summed E-state index contributed by atoms with van der Waals surface area (Å²) < 4.78 is 55.2. The van der Waals surface area contributed by atoms with Gasteiger partial charge in [-0.1, -0.05) is 51.6 Å². The topological polar surface area (TPSA) is 109 Å². The molecule has 3 saturated heterocycles. The normalized spacial score (nSPS) is 32.7. The van der Waals surface area contributed by atoms with Crippen LogP contribution < -0.4 is 5.32 Å². The zero-order valence-corrected chi connectivity index (χ0v) is 23.5. The van der Waals surface area contributed by atoms with Crippen LogP contribution in [0.25, 0.3) is 0 Å². The molecule has 0 bridgehead atoms. The van der Waals surface area contributed by atoms with Crippen LogP contribution in [0.2, 0.25) is 23.7 Å². The van der Waals surface area contributed by atoms with E-state index < -0.39 is 54.8 Å². The van der Waals surface area contributed by atoms with Gasteiger partial charge >= 0.3 is 0 Å². The number of carbonyl (C=O) groups excluding carboxylic acids is 1. The zero-order chi connectivity index (χ0) is 26.0. The highest BCUT2D eigenvalue weighted by Gasteiger charge is 2.60. The van der Waals surface area contributed by atoms with Crippen LogP contribution >= 0.6 is 0 Å². The van der Waals surface area contributed by atoms with E-state index in [1.54, 1.807) is 26.0 Å². The molecule has 6 atom stereocenters. The second-order valence-corrected chi connectivity index (χ2v) is 18.9. The first kappa shape index (κ1) is 26.7. The van der Waals surface area contributed by atoms with Crippen molar-refractivity contribution in [3.8, 4) is 0 Å². The van der Waals surface area contributed by atoms with Crippen LogP contribution in [-0.4, -0.2) is 65.6 Å². The van der Waals surface area contributed by atoms with Crippen molar-refractivity contribution in [1.82, 2.24) is 5.32 Å². The van der Waals surface area contributed by atoms with Gasteiger partial charge in [0.25, 0.3) is 10.1 Å². The van der Waals surface area contributed by atoms with Crippen molar-refractivity contribution < 1.29 is 36.3 Å². The van der Waals surface area contributed by atoms with Crippen molar-refractivity contribution in [3.05, 3.63) is 29.8 Å². The van der Waals surface area contributed by atoms with Gasteiger partial charge in [0.15, 0.2) is 12.1 Å². The smallest absolute Gasteiger partial charge is 0.297 e. The Bertz CT molecular complexity index is 1070. The van der Waals surface area contributed by atoms with Gasteiger partial charge in [-0.25, -0.2) is 0 Å². The Morgan fingerprint density at radius 3 is 2.31 bits per heavy atom. The molecule has 1 N–H and O–H groups in total. The maximum absolute atomic E-state index is 12.8. The Morgan fingerprint density at radius 1 is 1.11 bits per heavy atom. The van der Waals surface area contributed by atoms with E-state index in [1.807, 2.05) is 6.92 Å². The lowest BCUT2D eigenvalue weighted by molar-refractivity contribution is -0.227. The number of benzene rings is 1. The van der Waals surface area contributed by atoms with Crippen LogP contribution in [0.1, 0.15) is 40.2 Å². The van der Waals surface area contributed by atoms with E-state index in [-0.39, 0.29) is 28.0 Å². The van der Waals surface area contributed by atoms with E-state index in [4.69, 9.17) is 23.1 Å². The van der Waals surface area contributed by atoms with E-state index in [0.717, 1.165) is 5.56 Å². The molecule has 0 aliphatic carbocycles. The predicted octanol–water partition coefficient (Wildman–Crippen LogP) is 3.30. The number of fused-ring (bicyclic) bond motifs is 1. The Balaban J connectivity index is 1.52. The van der Waals surface area contributed by atoms with Crippen molar-refractivity contribution in [1.29, 1.82) is 0 Å². The van der Waals surface area contributed by atoms with Crippen LogP contribution in [0.4, 0.5) is 0 Å². The summed E-state index contributed by atoms with van der Waals surface area (Å²) in [5.41, 5.74) is 0.690. The molecule has 3 aliphatic rings. The van der Waals surface area contributed by atoms with Gasteiger partial charge in [-0.05, 0) is 37.9 Å². The van der Waals surface area contributed by atoms with Crippen molar-refractivity contribution in [2.24, 2.45) is 0 Å². The summed E-state index contributed by atoms with van der Waals surface area (Å²) in [6.07, 6.45) is -3.28. The molecule has 3 heterocycles. The molecule has 0 spiro atoms. The number of amides is 1. The molecule has 11 heteroatoms. The minimum atomic E-state index is -4.00. The molecule has 9 nitrogen and oxygen atoms in total. The van der Waals surface area contributed by atoms with Crippen LogP contribution in [0.3, 0.4) is 0 Å². The highest BCUT2D eigenvalue weighted by Crippen LogP contribution is 2.49. The number of carbonyl (C=O) groups is 1. The van der Waals surface area contributed by atoms with Gasteiger partial charge in [-0.3, -0.25) is 8.98 Å². The molecule has 196 valence electrons. The molecule has 3 aliphatic heterocycles. The van der Waals surface area contributed by atoms with Crippen molar-refractivity contribution in [3.63, 3.8) is 0 Å². The van der Waals surface area contributed by atoms with Crippen molar-refractivity contribution in [2.75, 3.05) is 6.61 Å². The van der Waals surface area contributed by atoms with Gasteiger partial charge < -0.3 is 24.3 Å². The van der Waals surface area contributed by atoms with Gasteiger partial charge in [-0.15, -0.1) is 0 Å². The number of hydrogen-bond donors (Lipinski definition) is 1. The lowest BCUT2D eigenvalue weighted by atomic mass is 10.1. The predicted molar refractivity (Wildman–Crippen MR) is 131 cm³/mol. The zero-order valence-electron chi connectivity index (χ0n) is 21.7. The van der Waals surface area contributed by atoms with Gasteiger partial charge in [-0.2, -0.15) is 8.42 Å². The Morgan fingerprint density at radius 2 is 1.74 bits per heavy atom. The molecule has 1 amide bonds. The van der Waals surface area contributed by atoms with Gasteiger partial charge in [0.2, 0.25) is 5.91 Å². The lowest BCUT2D eigenvalue weighted by Gasteiger charge is -2.51. The van der Waals surface area contributed by atoms with E-state index in [1.165, 1.54) is 12.1 Å². The summed E-state index contributed by atoms with van der Waals surface area (Å²) in [4.78, 5) is 12.7. The molecule has 35 heavy (non-hydrogen) atoms. The highest BCUT2D eigenvalue weighted by molar-refractivity contribution is 7.86. The summed E-state index contributed by atoms with van der Waals surface area (Å²) >= 11 is 0. The number of aryl methyl sites for hydroxylation is 1. The summed E-state index contributed by atoms with van der Waals surface area (Å²) in [5.74, 6) is -0.894. The summed E-state index contributed by atoms with van der Waals surface area (Å²) in [5, 5.41) is 2.86. The van der Waals surface area contributed by atoms with Gasteiger partial charge in [0.05, 0.1) is 25.1 Å². The summed E-state index contributed by atoms with van der Waals surface area (Å²) in [7, 11) is -6.07. The molecule has 3 fully saturated rings. The fourth-order valence-electron chi connectivity index (χ4n) is 4.58. The number of β-lactam (4-membered cyclic amide) rings is 1. The maximum Gasteiger partial charge on any atom is 0.297 e. The highest BCUT2D eigenvalue weighted by atomic mass is 32.2. The Kier molecular flexibility index (Phi) is 6.79. The summed E-state index contributed by atoms with van der Waals surface area (Å²) in [6, 6.07) is 6.43. The number of ether oxygens (including phenoxy) is 4. The van der Waals surface area contributed by atoms with Gasteiger partial charge in [0.1, 0.15) is 24.5 Å². The molecule has 0 saturated carbocycles. The fourth-order valence-corrected chi connectivity index (χ4v) is 8.09. The molecule has 1 aromatic carbocycles. The average Bonchev–Trinajstić information content (AvgIpc) is 3.16. The molecule has 4 rings (SSSR count). The third kappa shape index (κ3) is 5.09. The third-order valence-corrected chi connectivity index (χ3v) is 15.0. The van der Waals surface area contributed by atoms with Crippen molar-refractivity contribution in [2.45, 2.75) is 107 Å². The molecular formula is C24H37NO8SSi. The minimum absolute atomic E-state index is 0.0178. The monoisotopic (exact) mass is 527 g/mol. The van der Waals surface area contributed by atoms with E-state index in [2.05, 4.69) is 39.2 Å². The van der Waals surface area contributed by atoms with E-state index >= 15 is 0 Å². The fraction of sp³-hybridized carbons (Fsp3) is 0.708. The SMILES string of the molecule is Cc1ccc(S(=O)(=O)OC[C@H]2O[C@@H]3OC(C)(C)O[C@@H]3[C@H]2O[C@H]2NC(=O)[C@@H]2[Si](C)(C)C(C)(C)C)cc1. The first-order valence-corrected chi connectivity index (χ1v) is 16.4. The Hall–Kier alpha value is -1.34. The van der Waals surface area contributed by atoms with E-state index in [9.17, 15) is 13.2 Å². The van der Waals surface area contributed by atoms with Crippen LogP contribution in [-0.2, 0) is 38.0 Å². The van der Waals surface area contributed by atoms with Crippen LogP contribution in [0.5, 0.6) is 0 Å². The van der Waals surface area contributed by atoms with Gasteiger partial charge in [0, 0.05) is 0 Å². The second kappa shape index (κ2) is 8.90. The molecule has 0 aromatic heterocycles. The number of nitrogens with one attached hydrogen (secondary N) is 1. The van der Waals surface area contributed by atoms with Crippen molar-refractivity contribution >= 4 is 24.1 Å². The van der Waals surface area contributed by atoms with Crippen LogP contribution in [0.15, 0.2) is 29.2 Å². The number of rotatable bonds is 7. The lowest BCUT2D eigenvalue weighted by Crippen LogP contribution is -2.67.